The second kappa shape index (κ2) is 5.44. The van der Waals surface area contributed by atoms with Gasteiger partial charge in [0.15, 0.2) is 5.16 Å². The van der Waals surface area contributed by atoms with Gasteiger partial charge in [-0.3, -0.25) is 9.36 Å². The highest BCUT2D eigenvalue weighted by molar-refractivity contribution is 7.99. The van der Waals surface area contributed by atoms with Crippen molar-refractivity contribution in [1.82, 2.24) is 9.55 Å². The number of nitrogens with zero attached hydrogens (tertiary/aromatic N) is 2. The number of thioether (sulfide) groups is 1. The highest BCUT2D eigenvalue weighted by Gasteiger charge is 2.11. The van der Waals surface area contributed by atoms with E-state index in [9.17, 15) is 9.18 Å². The van der Waals surface area contributed by atoms with Crippen molar-refractivity contribution < 1.29 is 14.3 Å². The second-order valence-electron chi connectivity index (χ2n) is 4.15. The lowest BCUT2D eigenvalue weighted by molar-refractivity contribution is -0.133. The quantitative estimate of drug-likeness (QED) is 0.875. The Morgan fingerprint density at radius 2 is 2.21 bits per heavy atom. The van der Waals surface area contributed by atoms with Crippen molar-refractivity contribution in [3.63, 3.8) is 0 Å². The summed E-state index contributed by atoms with van der Waals surface area (Å²) in [5.74, 6) is -1.22. The molecule has 0 spiro atoms. The van der Waals surface area contributed by atoms with Crippen molar-refractivity contribution in [2.45, 2.75) is 19.0 Å². The van der Waals surface area contributed by atoms with Crippen LogP contribution in [0.3, 0.4) is 0 Å². The van der Waals surface area contributed by atoms with Gasteiger partial charge in [-0.05, 0) is 37.6 Å². The minimum Gasteiger partial charge on any atom is -0.481 e. The van der Waals surface area contributed by atoms with Crippen LogP contribution in [0.1, 0.15) is 11.3 Å². The largest absolute Gasteiger partial charge is 0.481 e. The molecule has 2 aromatic rings. The first-order valence-corrected chi connectivity index (χ1v) is 6.63. The molecule has 1 aromatic carbocycles. The van der Waals surface area contributed by atoms with E-state index >= 15 is 0 Å². The van der Waals surface area contributed by atoms with Gasteiger partial charge in [0.1, 0.15) is 5.82 Å². The standard InChI is InChI=1S/C13H13FN2O2S/c1-8-5-10(3-4-11(8)14)16-6-9(2)15-13(16)19-7-12(17)18/h3-6H,7H2,1-2H3,(H,17,18). The Bertz CT molecular complexity index is 625. The van der Waals surface area contributed by atoms with Crippen LogP contribution in [0.4, 0.5) is 4.39 Å². The molecular weight excluding hydrogens is 267 g/mol. The molecule has 0 fully saturated rings. The lowest BCUT2D eigenvalue weighted by Gasteiger charge is -2.07. The third kappa shape index (κ3) is 3.14. The van der Waals surface area contributed by atoms with Gasteiger partial charge >= 0.3 is 5.97 Å². The van der Waals surface area contributed by atoms with Gasteiger partial charge in [0, 0.05) is 11.9 Å². The van der Waals surface area contributed by atoms with E-state index in [0.29, 0.717) is 10.7 Å². The van der Waals surface area contributed by atoms with E-state index in [1.807, 2.05) is 6.92 Å². The predicted molar refractivity (Wildman–Crippen MR) is 71.4 cm³/mol. The van der Waals surface area contributed by atoms with Crippen LogP contribution in [0.5, 0.6) is 0 Å². The zero-order valence-corrected chi connectivity index (χ0v) is 11.4. The molecule has 0 saturated carbocycles. The van der Waals surface area contributed by atoms with E-state index in [1.165, 1.54) is 6.07 Å². The average Bonchev–Trinajstić information content (AvgIpc) is 2.71. The van der Waals surface area contributed by atoms with Gasteiger partial charge in [-0.25, -0.2) is 9.37 Å². The van der Waals surface area contributed by atoms with E-state index in [1.54, 1.807) is 29.8 Å². The van der Waals surface area contributed by atoms with Crippen molar-refractivity contribution in [3.8, 4) is 5.69 Å². The monoisotopic (exact) mass is 280 g/mol. The molecule has 1 heterocycles. The zero-order valence-electron chi connectivity index (χ0n) is 10.6. The zero-order chi connectivity index (χ0) is 14.0. The summed E-state index contributed by atoms with van der Waals surface area (Å²) >= 11 is 1.14. The molecule has 0 bridgehead atoms. The Morgan fingerprint density at radius 1 is 1.47 bits per heavy atom. The number of hydrogen-bond acceptors (Lipinski definition) is 3. The molecular formula is C13H13FN2O2S. The molecule has 0 radical (unpaired) electrons. The highest BCUT2D eigenvalue weighted by atomic mass is 32.2. The number of hydrogen-bond donors (Lipinski definition) is 1. The number of rotatable bonds is 4. The Balaban J connectivity index is 2.37. The molecule has 100 valence electrons. The first kappa shape index (κ1) is 13.6. The van der Waals surface area contributed by atoms with Gasteiger partial charge in [0.25, 0.3) is 0 Å². The molecule has 0 aliphatic carbocycles. The molecule has 0 unspecified atom stereocenters. The molecule has 2 rings (SSSR count). The molecule has 0 amide bonds. The van der Waals surface area contributed by atoms with Crippen LogP contribution in [-0.4, -0.2) is 26.4 Å². The summed E-state index contributed by atoms with van der Waals surface area (Å²) in [5.41, 5.74) is 2.10. The van der Waals surface area contributed by atoms with Gasteiger partial charge in [-0.2, -0.15) is 0 Å². The van der Waals surface area contributed by atoms with Crippen LogP contribution >= 0.6 is 11.8 Å². The Hall–Kier alpha value is -1.82. The summed E-state index contributed by atoms with van der Waals surface area (Å²) in [5, 5.41) is 9.30. The third-order valence-corrected chi connectivity index (χ3v) is 3.48. The smallest absolute Gasteiger partial charge is 0.313 e. The van der Waals surface area contributed by atoms with Gasteiger partial charge in [-0.1, -0.05) is 11.8 Å². The predicted octanol–water partition coefficient (Wildman–Crippen LogP) is 2.80. The van der Waals surface area contributed by atoms with Gasteiger partial charge in [0.05, 0.1) is 11.4 Å². The number of halogens is 1. The summed E-state index contributed by atoms with van der Waals surface area (Å²) in [6.45, 7) is 3.52. The maximum absolute atomic E-state index is 13.3. The van der Waals surface area contributed by atoms with Gasteiger partial charge < -0.3 is 5.11 Å². The van der Waals surface area contributed by atoms with Crippen LogP contribution in [0.2, 0.25) is 0 Å². The van der Waals surface area contributed by atoms with E-state index in [4.69, 9.17) is 5.11 Å². The molecule has 0 atom stereocenters. The van der Waals surface area contributed by atoms with Crippen molar-refractivity contribution >= 4 is 17.7 Å². The fourth-order valence-corrected chi connectivity index (χ4v) is 2.43. The molecule has 0 saturated heterocycles. The van der Waals surface area contributed by atoms with E-state index in [-0.39, 0.29) is 11.6 Å². The SMILES string of the molecule is Cc1cn(-c2ccc(F)c(C)c2)c(SCC(=O)O)n1. The van der Waals surface area contributed by atoms with E-state index < -0.39 is 5.97 Å². The maximum Gasteiger partial charge on any atom is 0.313 e. The van der Waals surface area contributed by atoms with Crippen LogP contribution in [0.25, 0.3) is 5.69 Å². The van der Waals surface area contributed by atoms with Crippen molar-refractivity contribution in [1.29, 1.82) is 0 Å². The molecule has 4 nitrogen and oxygen atoms in total. The maximum atomic E-state index is 13.3. The van der Waals surface area contributed by atoms with Gasteiger partial charge in [0.2, 0.25) is 0 Å². The van der Waals surface area contributed by atoms with Gasteiger partial charge in [-0.15, -0.1) is 0 Å². The number of aliphatic carboxylic acids is 1. The lowest BCUT2D eigenvalue weighted by atomic mass is 10.2. The number of imidazole rings is 1. The Morgan fingerprint density at radius 3 is 2.84 bits per heavy atom. The first-order chi connectivity index (χ1) is 8.97. The fraction of sp³-hybridized carbons (Fsp3) is 0.231. The lowest BCUT2D eigenvalue weighted by Crippen LogP contribution is -2.01. The molecule has 1 N–H and O–H groups in total. The second-order valence-corrected chi connectivity index (χ2v) is 5.09. The van der Waals surface area contributed by atoms with Crippen molar-refractivity contribution in [3.05, 3.63) is 41.5 Å². The van der Waals surface area contributed by atoms with Crippen LogP contribution < -0.4 is 0 Å². The summed E-state index contributed by atoms with van der Waals surface area (Å²) in [4.78, 5) is 14.9. The minimum atomic E-state index is -0.896. The first-order valence-electron chi connectivity index (χ1n) is 5.64. The fourth-order valence-electron chi connectivity index (χ4n) is 1.67. The summed E-state index contributed by atoms with van der Waals surface area (Å²) in [6.07, 6.45) is 1.80. The normalized spacial score (nSPS) is 10.7. The molecule has 0 aliphatic heterocycles. The van der Waals surface area contributed by atoms with Crippen molar-refractivity contribution in [2.24, 2.45) is 0 Å². The number of carboxylic acids is 1. The summed E-state index contributed by atoms with van der Waals surface area (Å²) in [6, 6.07) is 4.75. The number of benzene rings is 1. The van der Waals surface area contributed by atoms with Crippen molar-refractivity contribution in [2.75, 3.05) is 5.75 Å². The highest BCUT2D eigenvalue weighted by Crippen LogP contribution is 2.23. The van der Waals surface area contributed by atoms with Crippen LogP contribution in [0, 0.1) is 19.7 Å². The molecule has 0 aliphatic rings. The number of carbonyl (C=O) groups is 1. The average molecular weight is 280 g/mol. The minimum absolute atomic E-state index is 0.0589. The molecule has 19 heavy (non-hydrogen) atoms. The third-order valence-electron chi connectivity index (χ3n) is 2.54. The summed E-state index contributed by atoms with van der Waals surface area (Å²) < 4.78 is 15.0. The topological polar surface area (TPSA) is 55.1 Å². The van der Waals surface area contributed by atoms with Crippen LogP contribution in [0.15, 0.2) is 29.6 Å². The number of carboxylic acid groups (broad SMARTS) is 1. The Labute approximate surface area is 114 Å². The van der Waals surface area contributed by atoms with E-state index in [2.05, 4.69) is 4.98 Å². The number of aryl methyl sites for hydroxylation is 2. The molecule has 1 aromatic heterocycles. The van der Waals surface area contributed by atoms with Crippen LogP contribution in [-0.2, 0) is 4.79 Å². The summed E-state index contributed by atoms with van der Waals surface area (Å²) in [7, 11) is 0. The number of aromatic nitrogens is 2. The van der Waals surface area contributed by atoms with E-state index in [0.717, 1.165) is 23.1 Å². The molecule has 6 heteroatoms. The Kier molecular flexibility index (Phi) is 3.90.